The second-order valence-electron chi connectivity index (χ2n) is 10.7. The Bertz CT molecular complexity index is 1370. The zero-order chi connectivity index (χ0) is 27.7. The van der Waals surface area contributed by atoms with Crippen LogP contribution in [0.3, 0.4) is 0 Å². The molecule has 2 aliphatic rings. The van der Waals surface area contributed by atoms with E-state index in [0.29, 0.717) is 35.6 Å². The zero-order valence-corrected chi connectivity index (χ0v) is 23.5. The number of piperazine rings is 1. The molecule has 5 rings (SSSR count). The van der Waals surface area contributed by atoms with Crippen LogP contribution in [-0.4, -0.2) is 55.7 Å². The average Bonchev–Trinajstić information content (AvgIpc) is 3.54. The highest BCUT2D eigenvalue weighted by Gasteiger charge is 2.32. The Morgan fingerprint density at radius 2 is 1.82 bits per heavy atom. The third-order valence-corrected chi connectivity index (χ3v) is 8.12. The number of aromatic nitrogens is 1. The number of rotatable bonds is 8. The van der Waals surface area contributed by atoms with Gasteiger partial charge < -0.3 is 30.2 Å². The van der Waals surface area contributed by atoms with Gasteiger partial charge in [0, 0.05) is 61.8 Å². The van der Waals surface area contributed by atoms with E-state index in [1.165, 1.54) is 12.8 Å². The van der Waals surface area contributed by atoms with Crippen LogP contribution in [0.2, 0.25) is 0 Å². The number of aryl methyl sites for hydroxylation is 2. The molecule has 0 spiro atoms. The van der Waals surface area contributed by atoms with Gasteiger partial charge in [0.15, 0.2) is 0 Å². The molecule has 8 heteroatoms. The number of amides is 2. The van der Waals surface area contributed by atoms with Crippen molar-refractivity contribution in [2.45, 2.75) is 58.3 Å². The molecule has 3 aromatic rings. The first-order valence-corrected chi connectivity index (χ1v) is 13.8. The monoisotopic (exact) mass is 529 g/mol. The maximum absolute atomic E-state index is 13.5. The molecule has 206 valence electrons. The number of carbonyl (C=O) groups excluding carboxylic acids is 2. The van der Waals surface area contributed by atoms with Crippen LogP contribution in [0.1, 0.15) is 64.7 Å². The normalized spacial score (nSPS) is 19.1. The molecule has 8 nitrogen and oxygen atoms in total. The maximum atomic E-state index is 13.5. The Kier molecular flexibility index (Phi) is 7.66. The van der Waals surface area contributed by atoms with Gasteiger partial charge in [0.05, 0.1) is 13.2 Å². The van der Waals surface area contributed by atoms with Crippen LogP contribution >= 0.6 is 0 Å². The molecule has 0 aliphatic carbocycles. The highest BCUT2D eigenvalue weighted by atomic mass is 16.5. The van der Waals surface area contributed by atoms with Crippen molar-refractivity contribution in [3.8, 4) is 16.9 Å². The summed E-state index contributed by atoms with van der Waals surface area (Å²) in [7, 11) is 3.26. The lowest BCUT2D eigenvalue weighted by Gasteiger charge is -2.35. The van der Waals surface area contributed by atoms with Crippen molar-refractivity contribution in [1.82, 2.24) is 20.5 Å². The van der Waals surface area contributed by atoms with Crippen molar-refractivity contribution in [1.29, 1.82) is 0 Å². The molecule has 39 heavy (non-hydrogen) atoms. The summed E-state index contributed by atoms with van der Waals surface area (Å²) in [5, 5.41) is 9.62. The van der Waals surface area contributed by atoms with E-state index in [0.717, 1.165) is 41.0 Å². The molecule has 0 radical (unpaired) electrons. The second kappa shape index (κ2) is 11.1. The smallest absolute Gasteiger partial charge is 0.268 e. The van der Waals surface area contributed by atoms with E-state index < -0.39 is 0 Å². The van der Waals surface area contributed by atoms with Gasteiger partial charge >= 0.3 is 0 Å². The molecule has 0 unspecified atom stereocenters. The minimum Gasteiger partial charge on any atom is -0.497 e. The molecule has 2 amide bonds. The van der Waals surface area contributed by atoms with Gasteiger partial charge in [-0.05, 0) is 86.7 Å². The average molecular weight is 530 g/mol. The maximum Gasteiger partial charge on any atom is 0.268 e. The van der Waals surface area contributed by atoms with Crippen LogP contribution in [-0.2, 0) is 6.54 Å². The number of nitrogens with one attached hydrogen (secondary N) is 3. The van der Waals surface area contributed by atoms with E-state index in [-0.39, 0.29) is 17.9 Å². The Hall–Kier alpha value is -3.78. The highest BCUT2D eigenvalue weighted by Crippen LogP contribution is 2.32. The quantitative estimate of drug-likeness (QED) is 0.405. The lowest BCUT2D eigenvalue weighted by molar-refractivity contribution is 0.0936. The zero-order valence-electron chi connectivity index (χ0n) is 23.5. The predicted octanol–water partition coefficient (Wildman–Crippen LogP) is 4.28. The Morgan fingerprint density at radius 1 is 1.08 bits per heavy atom. The summed E-state index contributed by atoms with van der Waals surface area (Å²) in [6, 6.07) is 14.8. The minimum atomic E-state index is -0.277. The summed E-state index contributed by atoms with van der Waals surface area (Å²) >= 11 is 0. The van der Waals surface area contributed by atoms with Gasteiger partial charge in [-0.2, -0.15) is 0 Å². The standard InChI is InChI=1S/C31H39N5O3/c1-6-35-12-11-27(29(35)31(38)32-4)22-13-21(14-26(15-22)39-5)20(3)33-30(37)28-16-25(10-7-19(28)2)36-17-23-8-9-24(18-36)34-23/h7,10-16,20,23-24,34H,6,8-9,17-18H2,1-5H3,(H,32,38)(H,33,37)/t20-,23-,24+/m1/s1. The first-order valence-electron chi connectivity index (χ1n) is 13.8. The molecule has 2 saturated heterocycles. The molecule has 3 heterocycles. The third kappa shape index (κ3) is 5.39. The number of fused-ring (bicyclic) bond motifs is 2. The van der Waals surface area contributed by atoms with E-state index >= 15 is 0 Å². The van der Waals surface area contributed by atoms with Crippen molar-refractivity contribution in [3.63, 3.8) is 0 Å². The Balaban J connectivity index is 1.40. The Labute approximate surface area is 230 Å². The van der Waals surface area contributed by atoms with Crippen molar-refractivity contribution in [3.05, 3.63) is 71.0 Å². The van der Waals surface area contributed by atoms with E-state index in [2.05, 4.69) is 26.9 Å². The molecule has 2 fully saturated rings. The van der Waals surface area contributed by atoms with Crippen LogP contribution in [0, 0.1) is 6.92 Å². The van der Waals surface area contributed by atoms with Gasteiger partial charge in [0.1, 0.15) is 11.4 Å². The number of hydrogen-bond acceptors (Lipinski definition) is 5. The lowest BCUT2D eigenvalue weighted by atomic mass is 9.98. The van der Waals surface area contributed by atoms with E-state index in [1.54, 1.807) is 14.2 Å². The summed E-state index contributed by atoms with van der Waals surface area (Å²) in [5.74, 6) is 0.421. The Morgan fingerprint density at radius 3 is 2.49 bits per heavy atom. The van der Waals surface area contributed by atoms with E-state index in [4.69, 9.17) is 4.74 Å². The molecule has 0 saturated carbocycles. The SMILES string of the molecule is CCn1ccc(-c2cc(OC)cc([C@@H](C)NC(=O)c3cc(N4C[C@H]5CC[C@@H](C4)N5)ccc3C)c2)c1C(=O)NC. The van der Waals surface area contributed by atoms with Crippen LogP contribution < -0.4 is 25.6 Å². The summed E-state index contributed by atoms with van der Waals surface area (Å²) in [5.41, 5.74) is 5.93. The van der Waals surface area contributed by atoms with Crippen molar-refractivity contribution in [2.75, 3.05) is 32.1 Å². The number of ether oxygens (including phenoxy) is 1. The van der Waals surface area contributed by atoms with Crippen LogP contribution in [0.4, 0.5) is 5.69 Å². The summed E-state index contributed by atoms with van der Waals surface area (Å²) in [6.45, 7) is 8.59. The fourth-order valence-corrected chi connectivity index (χ4v) is 5.90. The number of hydrogen-bond donors (Lipinski definition) is 3. The number of anilines is 1. The van der Waals surface area contributed by atoms with Gasteiger partial charge in [0.2, 0.25) is 0 Å². The van der Waals surface area contributed by atoms with Gasteiger partial charge in [-0.3, -0.25) is 9.59 Å². The molecule has 1 aromatic heterocycles. The molecular formula is C31H39N5O3. The van der Waals surface area contributed by atoms with E-state index in [9.17, 15) is 9.59 Å². The van der Waals surface area contributed by atoms with Gasteiger partial charge in [0.25, 0.3) is 11.8 Å². The van der Waals surface area contributed by atoms with Gasteiger partial charge in [-0.25, -0.2) is 0 Å². The number of benzene rings is 2. The fraction of sp³-hybridized carbons (Fsp3) is 0.419. The molecule has 2 bridgehead atoms. The van der Waals surface area contributed by atoms with Crippen LogP contribution in [0.15, 0.2) is 48.7 Å². The van der Waals surface area contributed by atoms with Crippen molar-refractivity contribution in [2.24, 2.45) is 0 Å². The lowest BCUT2D eigenvalue weighted by Crippen LogP contribution is -2.51. The third-order valence-electron chi connectivity index (χ3n) is 8.12. The highest BCUT2D eigenvalue weighted by molar-refractivity contribution is 6.00. The minimum absolute atomic E-state index is 0.104. The molecule has 3 atom stereocenters. The van der Waals surface area contributed by atoms with Crippen molar-refractivity contribution >= 4 is 17.5 Å². The molecular weight excluding hydrogens is 490 g/mol. The number of methoxy groups -OCH3 is 1. The van der Waals surface area contributed by atoms with Crippen LogP contribution in [0.25, 0.3) is 11.1 Å². The van der Waals surface area contributed by atoms with Gasteiger partial charge in [-0.1, -0.05) is 6.07 Å². The fourth-order valence-electron chi connectivity index (χ4n) is 5.90. The summed E-state index contributed by atoms with van der Waals surface area (Å²) < 4.78 is 7.54. The van der Waals surface area contributed by atoms with E-state index in [1.807, 2.05) is 67.9 Å². The molecule has 2 aliphatic heterocycles. The van der Waals surface area contributed by atoms with Gasteiger partial charge in [-0.15, -0.1) is 0 Å². The molecule has 2 aromatic carbocycles. The number of carbonyl (C=O) groups is 2. The number of nitrogens with zero attached hydrogens (tertiary/aromatic N) is 2. The molecule has 3 N–H and O–H groups in total. The predicted molar refractivity (Wildman–Crippen MR) is 155 cm³/mol. The first kappa shape index (κ1) is 26.8. The summed E-state index contributed by atoms with van der Waals surface area (Å²) in [6.07, 6.45) is 4.35. The topological polar surface area (TPSA) is 87.6 Å². The summed E-state index contributed by atoms with van der Waals surface area (Å²) in [4.78, 5) is 28.6. The second-order valence-corrected chi connectivity index (χ2v) is 10.7. The van der Waals surface area contributed by atoms with Crippen molar-refractivity contribution < 1.29 is 14.3 Å². The first-order chi connectivity index (χ1) is 18.8. The largest absolute Gasteiger partial charge is 0.497 e. The van der Waals surface area contributed by atoms with Crippen LogP contribution in [0.5, 0.6) is 5.75 Å².